The molecule has 5 rings (SSSR count). The summed E-state index contributed by atoms with van der Waals surface area (Å²) in [5.41, 5.74) is 3.57. The number of rotatable bonds is 3. The van der Waals surface area contributed by atoms with E-state index in [0.29, 0.717) is 33.0 Å². The number of fused-ring (bicyclic) bond motifs is 2. The van der Waals surface area contributed by atoms with Crippen LogP contribution in [0.15, 0.2) is 77.9 Å². The molecule has 31 heavy (non-hydrogen) atoms. The Morgan fingerprint density at radius 2 is 1.87 bits per heavy atom. The van der Waals surface area contributed by atoms with Gasteiger partial charge in [0.05, 0.1) is 21.8 Å². The molecule has 0 aliphatic heterocycles. The first-order valence-electron chi connectivity index (χ1n) is 9.45. The zero-order valence-corrected chi connectivity index (χ0v) is 16.9. The van der Waals surface area contributed by atoms with E-state index in [9.17, 15) is 4.79 Å². The van der Waals surface area contributed by atoms with E-state index >= 15 is 0 Å². The fourth-order valence-electron chi connectivity index (χ4n) is 3.70. The van der Waals surface area contributed by atoms with Crippen molar-refractivity contribution in [2.75, 3.05) is 0 Å². The van der Waals surface area contributed by atoms with E-state index in [4.69, 9.17) is 27.7 Å². The monoisotopic (exact) mass is 423 g/mol. The van der Waals surface area contributed by atoms with Crippen LogP contribution < -0.4 is 10.2 Å². The van der Waals surface area contributed by atoms with Crippen LogP contribution in [0, 0.1) is 12.5 Å². The minimum atomic E-state index is -0.249. The molecule has 0 aliphatic carbocycles. The number of terminal acetylenes is 1. The van der Waals surface area contributed by atoms with E-state index in [1.165, 1.54) is 6.07 Å². The summed E-state index contributed by atoms with van der Waals surface area (Å²) >= 11 is 6.56. The normalized spacial score (nSPS) is 10.8. The van der Waals surface area contributed by atoms with Crippen molar-refractivity contribution in [2.45, 2.75) is 0 Å². The molecule has 1 N–H and O–H groups in total. The molecule has 6 heteroatoms. The first-order chi connectivity index (χ1) is 15.2. The van der Waals surface area contributed by atoms with Gasteiger partial charge in [0.2, 0.25) is 0 Å². The lowest BCUT2D eigenvalue weighted by molar-refractivity contribution is 0.528. The summed E-state index contributed by atoms with van der Waals surface area (Å²) in [5, 5.41) is 1.59. The molecule has 0 bridgehead atoms. The number of pyridine rings is 3. The van der Waals surface area contributed by atoms with Crippen LogP contribution in [0.5, 0.6) is 5.75 Å². The molecule has 0 fully saturated rings. The second kappa shape index (κ2) is 7.60. The summed E-state index contributed by atoms with van der Waals surface area (Å²) in [4.78, 5) is 24.9. The van der Waals surface area contributed by atoms with Gasteiger partial charge in [0.15, 0.2) is 11.2 Å². The lowest BCUT2D eigenvalue weighted by atomic mass is 9.95. The molecule has 5 nitrogen and oxygen atoms in total. The van der Waals surface area contributed by atoms with Gasteiger partial charge in [0.1, 0.15) is 17.1 Å². The zero-order chi connectivity index (χ0) is 21.4. The Morgan fingerprint density at radius 3 is 2.68 bits per heavy atom. The van der Waals surface area contributed by atoms with E-state index in [1.807, 2.05) is 48.5 Å². The van der Waals surface area contributed by atoms with Gasteiger partial charge < -0.3 is 9.72 Å². The molecular formula is C25H14ClN3O2. The third-order valence-corrected chi connectivity index (χ3v) is 5.30. The quantitative estimate of drug-likeness (QED) is 0.393. The molecule has 0 aliphatic rings. The fraction of sp³-hybridized carbons (Fsp3) is 0. The highest BCUT2D eigenvalue weighted by Gasteiger charge is 2.22. The van der Waals surface area contributed by atoms with E-state index < -0.39 is 0 Å². The van der Waals surface area contributed by atoms with Gasteiger partial charge in [-0.1, -0.05) is 54.4 Å². The van der Waals surface area contributed by atoms with Gasteiger partial charge in [-0.05, 0) is 23.8 Å². The van der Waals surface area contributed by atoms with Gasteiger partial charge in [-0.2, -0.15) is 0 Å². The first-order valence-corrected chi connectivity index (χ1v) is 9.83. The summed E-state index contributed by atoms with van der Waals surface area (Å²) in [6.07, 6.45) is 11.0. The Labute approximate surface area is 182 Å². The Bertz CT molecular complexity index is 1550. The minimum Gasteiger partial charge on any atom is -0.406 e. The molecule has 3 aromatic heterocycles. The summed E-state index contributed by atoms with van der Waals surface area (Å²) < 4.78 is 5.61. The molecule has 0 atom stereocenters. The van der Waals surface area contributed by atoms with Gasteiger partial charge in [-0.25, -0.2) is 4.98 Å². The first kappa shape index (κ1) is 18.9. The van der Waals surface area contributed by atoms with Crippen LogP contribution in [-0.4, -0.2) is 15.0 Å². The van der Waals surface area contributed by atoms with E-state index in [2.05, 4.69) is 16.1 Å². The van der Waals surface area contributed by atoms with Crippen LogP contribution in [-0.2, 0) is 0 Å². The maximum Gasteiger partial charge on any atom is 0.194 e. The van der Waals surface area contributed by atoms with Crippen molar-refractivity contribution < 1.29 is 4.74 Å². The summed E-state index contributed by atoms with van der Waals surface area (Å²) in [6, 6.07) is 18.5. The number of nitrogens with one attached hydrogen (secondary N) is 1. The molecule has 3 heterocycles. The second-order valence-corrected chi connectivity index (χ2v) is 7.26. The minimum absolute atomic E-state index is 0.249. The van der Waals surface area contributed by atoms with Gasteiger partial charge in [0.25, 0.3) is 0 Å². The van der Waals surface area contributed by atoms with Gasteiger partial charge in [-0.3, -0.25) is 9.78 Å². The topological polar surface area (TPSA) is 67.9 Å². The van der Waals surface area contributed by atoms with Crippen LogP contribution in [0.3, 0.4) is 0 Å². The summed E-state index contributed by atoms with van der Waals surface area (Å²) in [6.45, 7) is 0. The van der Waals surface area contributed by atoms with Crippen molar-refractivity contribution in [3.63, 3.8) is 0 Å². The van der Waals surface area contributed by atoms with Crippen molar-refractivity contribution >= 4 is 33.5 Å². The average molecular weight is 424 g/mol. The van der Waals surface area contributed by atoms with Crippen molar-refractivity contribution in [1.29, 1.82) is 0 Å². The van der Waals surface area contributed by atoms with Crippen LogP contribution in [0.4, 0.5) is 0 Å². The molecular weight excluding hydrogens is 410 g/mol. The highest BCUT2D eigenvalue weighted by molar-refractivity contribution is 6.35. The lowest BCUT2D eigenvalue weighted by Gasteiger charge is -2.16. The van der Waals surface area contributed by atoms with Crippen molar-refractivity contribution in [1.82, 2.24) is 15.0 Å². The van der Waals surface area contributed by atoms with Crippen molar-refractivity contribution in [2.24, 2.45) is 0 Å². The third kappa shape index (κ3) is 3.20. The lowest BCUT2D eigenvalue weighted by Crippen LogP contribution is -2.07. The maximum atomic E-state index is 12.7. The predicted molar refractivity (Wildman–Crippen MR) is 123 cm³/mol. The van der Waals surface area contributed by atoms with Crippen LogP contribution in [0.25, 0.3) is 44.3 Å². The number of aromatic amines is 1. The SMILES string of the molecule is C#COc1c(-c2cc(Cl)c3ncccc3c2)c(-c2ccccc2)nc2[nH]ccc(=O)c12. The van der Waals surface area contributed by atoms with Crippen LogP contribution in [0.2, 0.25) is 5.02 Å². The number of nitrogens with zero attached hydrogens (tertiary/aromatic N) is 2. The third-order valence-electron chi connectivity index (χ3n) is 5.01. The van der Waals surface area contributed by atoms with E-state index in [-0.39, 0.29) is 16.6 Å². The molecule has 0 saturated carbocycles. The zero-order valence-electron chi connectivity index (χ0n) is 16.1. The Hall–Kier alpha value is -4.14. The van der Waals surface area contributed by atoms with E-state index in [1.54, 1.807) is 18.5 Å². The number of hydrogen-bond acceptors (Lipinski definition) is 4. The number of halogens is 1. The van der Waals surface area contributed by atoms with Gasteiger partial charge in [0, 0.05) is 29.4 Å². The van der Waals surface area contributed by atoms with Gasteiger partial charge >= 0.3 is 0 Å². The predicted octanol–water partition coefficient (Wildman–Crippen LogP) is 5.43. The largest absolute Gasteiger partial charge is 0.406 e. The second-order valence-electron chi connectivity index (χ2n) is 6.85. The molecule has 0 unspecified atom stereocenters. The number of ether oxygens (including phenoxy) is 1. The summed E-state index contributed by atoms with van der Waals surface area (Å²) in [7, 11) is 0. The van der Waals surface area contributed by atoms with Gasteiger partial charge in [-0.15, -0.1) is 0 Å². The molecule has 0 amide bonds. The number of hydrogen-bond donors (Lipinski definition) is 1. The van der Waals surface area contributed by atoms with Crippen molar-refractivity contribution in [3.8, 4) is 40.7 Å². The summed E-state index contributed by atoms with van der Waals surface area (Å²) in [5.74, 6) is 0.257. The maximum absolute atomic E-state index is 12.7. The Balaban J connectivity index is 1.97. The highest BCUT2D eigenvalue weighted by Crippen LogP contribution is 2.43. The number of H-pyrrole nitrogens is 1. The fourth-order valence-corrected chi connectivity index (χ4v) is 3.98. The smallest absolute Gasteiger partial charge is 0.194 e. The molecule has 5 aromatic rings. The molecule has 148 valence electrons. The molecule has 0 radical (unpaired) electrons. The average Bonchev–Trinajstić information content (AvgIpc) is 2.79. The standard InChI is InChI=1S/C25H14ClN3O2/c1-2-31-24-20(17-13-16-9-6-11-27-22(16)18(26)14-17)23(15-7-4-3-5-8-15)29-25-21(24)19(30)10-12-28-25/h1,3-14H,(H,28,29,30). The van der Waals surface area contributed by atoms with E-state index in [0.717, 1.165) is 10.9 Å². The Morgan fingerprint density at radius 1 is 1.03 bits per heavy atom. The number of aromatic nitrogens is 3. The Kier molecular flexibility index (Phi) is 4.62. The molecule has 2 aromatic carbocycles. The number of benzene rings is 2. The molecule has 0 spiro atoms. The van der Waals surface area contributed by atoms with Crippen LogP contribution in [0.1, 0.15) is 0 Å². The van der Waals surface area contributed by atoms with Crippen molar-refractivity contribution in [3.05, 3.63) is 88.3 Å². The highest BCUT2D eigenvalue weighted by atomic mass is 35.5. The molecule has 0 saturated heterocycles. The van der Waals surface area contributed by atoms with Crippen LogP contribution >= 0.6 is 11.6 Å².